The molecule has 3 aliphatic heterocycles. The summed E-state index contributed by atoms with van der Waals surface area (Å²) in [6.45, 7) is 32.8. The lowest BCUT2D eigenvalue weighted by atomic mass is 9.33. The maximum atomic E-state index is 15.6. The zero-order valence-electron chi connectivity index (χ0n) is 44.9. The number of anilines is 8. The third kappa shape index (κ3) is 7.33. The van der Waals surface area contributed by atoms with Gasteiger partial charge in [-0.2, -0.15) is 0 Å². The van der Waals surface area contributed by atoms with Crippen molar-refractivity contribution >= 4 is 68.6 Å². The summed E-state index contributed by atoms with van der Waals surface area (Å²) >= 11 is 0. The van der Waals surface area contributed by atoms with Crippen molar-refractivity contribution in [3.05, 3.63) is 173 Å². The van der Waals surface area contributed by atoms with E-state index >= 15 is 4.39 Å². The molecule has 0 spiro atoms. The second kappa shape index (κ2) is 16.2. The van der Waals surface area contributed by atoms with Crippen LogP contribution >= 0.6 is 0 Å². The predicted octanol–water partition coefficient (Wildman–Crippen LogP) is 16.6. The zero-order valence-corrected chi connectivity index (χ0v) is 44.9. The molecule has 0 bridgehead atoms. The Bertz CT molecular complexity index is 3260. The van der Waals surface area contributed by atoms with Crippen molar-refractivity contribution in [2.75, 3.05) is 14.7 Å². The summed E-state index contributed by atoms with van der Waals surface area (Å²) in [6.07, 6.45) is 3.12. The number of benzene rings is 7. The maximum absolute atomic E-state index is 15.6. The molecule has 7 aromatic carbocycles. The number of rotatable bonds is 6. The van der Waals surface area contributed by atoms with Gasteiger partial charge in [0.2, 0.25) is 0 Å². The zero-order chi connectivity index (χ0) is 50.3. The molecule has 0 saturated heterocycles. The number of halogens is 1. The Morgan fingerprint density at radius 3 is 1.80 bits per heavy atom. The van der Waals surface area contributed by atoms with Crippen LogP contribution in [0.1, 0.15) is 150 Å². The van der Waals surface area contributed by atoms with E-state index in [0.717, 1.165) is 47.6 Å². The molecule has 11 rings (SSSR count). The SMILES string of the molecule is CC(C)C(C)c1ccc2c(c1)N(c1ccc(C(C)(C)C)cc1-c1ccccc1)c1cc(N3c4ccc(F)cc4C4(C)CCCC34C)cc3c1B2c1ccc(C(C)(C)C)cc1N3c1cccc(C(C)(C)C)c1. The van der Waals surface area contributed by atoms with Crippen molar-refractivity contribution in [3.8, 4) is 11.1 Å². The van der Waals surface area contributed by atoms with E-state index < -0.39 is 0 Å². The highest BCUT2D eigenvalue weighted by atomic mass is 19.1. The normalized spacial score (nSPS) is 19.7. The van der Waals surface area contributed by atoms with E-state index in [1.807, 2.05) is 6.07 Å². The van der Waals surface area contributed by atoms with Gasteiger partial charge in [-0.15, -0.1) is 0 Å². The Kier molecular flexibility index (Phi) is 10.8. The first kappa shape index (κ1) is 47.3. The van der Waals surface area contributed by atoms with Gasteiger partial charge in [-0.05, 0) is 164 Å². The second-order valence-corrected chi connectivity index (χ2v) is 25.5. The van der Waals surface area contributed by atoms with Crippen molar-refractivity contribution in [1.29, 1.82) is 0 Å². The van der Waals surface area contributed by atoms with Gasteiger partial charge in [0.15, 0.2) is 0 Å². The topological polar surface area (TPSA) is 9.72 Å². The van der Waals surface area contributed by atoms with Crippen LogP contribution in [0, 0.1) is 11.7 Å². The molecule has 0 amide bonds. The lowest BCUT2D eigenvalue weighted by Crippen LogP contribution is -2.61. The summed E-state index contributed by atoms with van der Waals surface area (Å²) < 4.78 is 15.6. The summed E-state index contributed by atoms with van der Waals surface area (Å²) in [4.78, 5) is 7.89. The molecule has 362 valence electrons. The lowest BCUT2D eigenvalue weighted by Gasteiger charge is -2.47. The lowest BCUT2D eigenvalue weighted by molar-refractivity contribution is 0.330. The average Bonchev–Trinajstić information content (AvgIpc) is 3.73. The van der Waals surface area contributed by atoms with Gasteiger partial charge in [0.1, 0.15) is 5.82 Å². The standard InChI is InChI=1S/C66H73BFN3/c1-41(2)42(3)44-24-28-53-57(34-44)70(55-30-26-46(63(7,8)9)36-51(55)43-20-16-15-17-21-43)60-40-50(71-56-31-27-48(68)38-52(56)65(13)32-19-33-66(65,71)14)39-59-61(60)67(53)54-29-25-47(64(10,11)12)37-58(54)69(59)49-23-18-22-45(35-49)62(4,5)6/h15-18,20-31,34-42H,19,32-33H2,1-14H3. The molecule has 0 radical (unpaired) electrons. The van der Waals surface area contributed by atoms with Crippen LogP contribution in [0.25, 0.3) is 11.1 Å². The Balaban J connectivity index is 1.31. The third-order valence-corrected chi connectivity index (χ3v) is 17.7. The highest BCUT2D eigenvalue weighted by Crippen LogP contribution is 2.63. The Hall–Kier alpha value is -6.07. The second-order valence-electron chi connectivity index (χ2n) is 25.5. The minimum Gasteiger partial charge on any atom is -0.334 e. The molecule has 3 atom stereocenters. The monoisotopic (exact) mass is 938 g/mol. The van der Waals surface area contributed by atoms with Crippen LogP contribution in [-0.4, -0.2) is 12.3 Å². The average molecular weight is 938 g/mol. The minimum absolute atomic E-state index is 0.0453. The fourth-order valence-electron chi connectivity index (χ4n) is 12.9. The van der Waals surface area contributed by atoms with Gasteiger partial charge >= 0.3 is 0 Å². The van der Waals surface area contributed by atoms with Crippen molar-refractivity contribution in [2.45, 2.75) is 149 Å². The molecule has 3 nitrogen and oxygen atoms in total. The van der Waals surface area contributed by atoms with E-state index in [4.69, 9.17) is 0 Å². The third-order valence-electron chi connectivity index (χ3n) is 17.7. The van der Waals surface area contributed by atoms with Gasteiger partial charge in [-0.3, -0.25) is 0 Å². The van der Waals surface area contributed by atoms with Crippen molar-refractivity contribution in [3.63, 3.8) is 0 Å². The van der Waals surface area contributed by atoms with E-state index in [1.54, 1.807) is 6.07 Å². The van der Waals surface area contributed by atoms with Gasteiger partial charge in [-0.1, -0.05) is 169 Å². The molecule has 3 heterocycles. The smallest absolute Gasteiger partial charge is 0.252 e. The van der Waals surface area contributed by atoms with Crippen LogP contribution in [0.5, 0.6) is 0 Å². The van der Waals surface area contributed by atoms with Gasteiger partial charge in [0, 0.05) is 50.8 Å². The summed E-state index contributed by atoms with van der Waals surface area (Å²) in [7, 11) is 0. The molecule has 0 N–H and O–H groups in total. The van der Waals surface area contributed by atoms with E-state index in [1.165, 1.54) is 72.5 Å². The summed E-state index contributed by atoms with van der Waals surface area (Å²) in [5.74, 6) is 0.649. The number of nitrogens with zero attached hydrogens (tertiary/aromatic N) is 3. The van der Waals surface area contributed by atoms with Crippen LogP contribution < -0.4 is 31.1 Å². The van der Waals surface area contributed by atoms with Gasteiger partial charge < -0.3 is 14.7 Å². The Morgan fingerprint density at radius 1 is 0.521 bits per heavy atom. The van der Waals surface area contributed by atoms with Crippen LogP contribution in [0.3, 0.4) is 0 Å². The molecule has 5 heteroatoms. The highest BCUT2D eigenvalue weighted by Gasteiger charge is 2.60. The van der Waals surface area contributed by atoms with Crippen molar-refractivity contribution in [2.24, 2.45) is 5.92 Å². The summed E-state index contributed by atoms with van der Waals surface area (Å²) in [5.41, 5.74) is 21.4. The van der Waals surface area contributed by atoms with Crippen LogP contribution in [-0.2, 0) is 21.7 Å². The molecule has 1 saturated carbocycles. The Morgan fingerprint density at radius 2 is 1.13 bits per heavy atom. The van der Waals surface area contributed by atoms with Crippen LogP contribution in [0.4, 0.5) is 49.9 Å². The predicted molar refractivity (Wildman–Crippen MR) is 303 cm³/mol. The molecule has 0 aromatic heterocycles. The van der Waals surface area contributed by atoms with E-state index in [-0.39, 0.29) is 39.7 Å². The quantitative estimate of drug-likeness (QED) is 0.154. The Labute approximate surface area is 425 Å². The fraction of sp³-hybridized carbons (Fsp3) is 0.364. The van der Waals surface area contributed by atoms with Crippen molar-refractivity contribution in [1.82, 2.24) is 0 Å². The number of hydrogen-bond donors (Lipinski definition) is 0. The molecule has 3 unspecified atom stereocenters. The first-order chi connectivity index (χ1) is 33.5. The molecule has 4 aliphatic rings. The van der Waals surface area contributed by atoms with Gasteiger partial charge in [0.25, 0.3) is 6.71 Å². The summed E-state index contributed by atoms with van der Waals surface area (Å²) in [5, 5.41) is 0. The number of fused-ring (bicyclic) bond motifs is 7. The van der Waals surface area contributed by atoms with E-state index in [9.17, 15) is 0 Å². The molecule has 1 aliphatic carbocycles. The molecule has 7 aromatic rings. The van der Waals surface area contributed by atoms with Crippen LogP contribution in [0.15, 0.2) is 140 Å². The minimum atomic E-state index is -0.284. The largest absolute Gasteiger partial charge is 0.334 e. The first-order valence-corrected chi connectivity index (χ1v) is 26.5. The molecular formula is C66H73BFN3. The first-order valence-electron chi connectivity index (χ1n) is 26.5. The van der Waals surface area contributed by atoms with Crippen molar-refractivity contribution < 1.29 is 4.39 Å². The van der Waals surface area contributed by atoms with Gasteiger partial charge in [-0.25, -0.2) is 4.39 Å². The number of hydrogen-bond acceptors (Lipinski definition) is 3. The molecule has 1 fully saturated rings. The maximum Gasteiger partial charge on any atom is 0.252 e. The van der Waals surface area contributed by atoms with E-state index in [2.05, 4.69) is 239 Å². The molecule has 71 heavy (non-hydrogen) atoms. The van der Waals surface area contributed by atoms with Gasteiger partial charge in [0.05, 0.1) is 11.2 Å². The highest BCUT2D eigenvalue weighted by molar-refractivity contribution is 7.00. The fourth-order valence-corrected chi connectivity index (χ4v) is 12.9. The van der Waals surface area contributed by atoms with E-state index in [0.29, 0.717) is 11.8 Å². The molecular weight excluding hydrogens is 865 g/mol. The summed E-state index contributed by atoms with van der Waals surface area (Å²) in [6, 6.07) is 53.0. The van der Waals surface area contributed by atoms with Crippen LogP contribution in [0.2, 0.25) is 0 Å².